The zero-order chi connectivity index (χ0) is 21.9. The first-order valence-corrected chi connectivity index (χ1v) is 8.86. The van der Waals surface area contributed by atoms with Crippen LogP contribution in [0.2, 0.25) is 0 Å². The van der Waals surface area contributed by atoms with E-state index in [1.807, 2.05) is 26.0 Å². The molecule has 0 radical (unpaired) electrons. The minimum Gasteiger partial charge on any atom is -0.434 e. The molecule has 0 aliphatic carbocycles. The molecule has 0 saturated heterocycles. The van der Waals surface area contributed by atoms with E-state index in [-0.39, 0.29) is 17.4 Å². The molecule has 0 atom stereocenters. The van der Waals surface area contributed by atoms with E-state index < -0.39 is 22.4 Å². The molecule has 0 amide bonds. The summed E-state index contributed by atoms with van der Waals surface area (Å²) in [6.07, 6.45) is -3.41. The largest absolute Gasteiger partial charge is 0.434 e. The normalized spacial score (nSPS) is 11.4. The second-order valence-electron chi connectivity index (χ2n) is 6.66. The van der Waals surface area contributed by atoms with E-state index >= 15 is 0 Å². The van der Waals surface area contributed by atoms with E-state index in [0.29, 0.717) is 11.7 Å². The molecular formula is C20H17F3N4O3. The van der Waals surface area contributed by atoms with Crippen LogP contribution in [-0.4, -0.2) is 14.9 Å². The van der Waals surface area contributed by atoms with Crippen LogP contribution in [0.4, 0.5) is 30.4 Å². The van der Waals surface area contributed by atoms with Gasteiger partial charge in [-0.3, -0.25) is 10.1 Å². The Bertz CT molecular complexity index is 1040. The summed E-state index contributed by atoms with van der Waals surface area (Å²) in [5.41, 5.74) is -0.106. The average Bonchev–Trinajstić information content (AvgIpc) is 2.68. The van der Waals surface area contributed by atoms with Gasteiger partial charge in [0.25, 0.3) is 0 Å². The van der Waals surface area contributed by atoms with E-state index in [1.165, 1.54) is 0 Å². The first-order chi connectivity index (χ1) is 14.1. The third-order valence-corrected chi connectivity index (χ3v) is 4.21. The lowest BCUT2D eigenvalue weighted by atomic mass is 10.0. The van der Waals surface area contributed by atoms with Gasteiger partial charge in [0.2, 0.25) is 5.82 Å². The highest BCUT2D eigenvalue weighted by molar-refractivity contribution is 5.68. The number of hydrogen-bond acceptors (Lipinski definition) is 6. The molecule has 3 rings (SSSR count). The highest BCUT2D eigenvalue weighted by atomic mass is 19.4. The van der Waals surface area contributed by atoms with Gasteiger partial charge in [0.05, 0.1) is 10.5 Å². The van der Waals surface area contributed by atoms with Gasteiger partial charge < -0.3 is 10.1 Å². The van der Waals surface area contributed by atoms with Crippen LogP contribution >= 0.6 is 0 Å². The van der Waals surface area contributed by atoms with Gasteiger partial charge in [-0.2, -0.15) is 18.2 Å². The first kappa shape index (κ1) is 21.0. The minimum atomic E-state index is -4.48. The standard InChI is InChI=1S/C20H17F3N4O3/c1-12(2)13-3-9-16(10-4-13)30-19-17(27(28)29)18(24-11-25-19)26-15-7-5-14(6-8-15)20(21,22)23/h3-12H,1-2H3,(H,24,25,26). The Morgan fingerprint density at radius 2 is 1.67 bits per heavy atom. The number of aromatic nitrogens is 2. The second-order valence-corrected chi connectivity index (χ2v) is 6.66. The summed E-state index contributed by atoms with van der Waals surface area (Å²) in [6.45, 7) is 4.06. The van der Waals surface area contributed by atoms with Crippen molar-refractivity contribution in [2.24, 2.45) is 0 Å². The molecule has 0 bridgehead atoms. The fourth-order valence-corrected chi connectivity index (χ4v) is 2.61. The van der Waals surface area contributed by atoms with Gasteiger partial charge in [-0.15, -0.1) is 0 Å². The van der Waals surface area contributed by atoms with Crippen molar-refractivity contribution in [3.05, 3.63) is 76.1 Å². The molecule has 0 saturated carbocycles. The number of anilines is 2. The number of nitrogens with zero attached hydrogens (tertiary/aromatic N) is 3. The molecule has 0 spiro atoms. The summed E-state index contributed by atoms with van der Waals surface area (Å²) in [4.78, 5) is 18.6. The SMILES string of the molecule is CC(C)c1ccc(Oc2ncnc(Nc3ccc(C(F)(F)F)cc3)c2[N+](=O)[O-])cc1. The third-order valence-electron chi connectivity index (χ3n) is 4.21. The van der Waals surface area contributed by atoms with Crippen molar-refractivity contribution < 1.29 is 22.8 Å². The van der Waals surface area contributed by atoms with Crippen molar-refractivity contribution in [2.45, 2.75) is 25.9 Å². The maximum absolute atomic E-state index is 12.7. The number of rotatable bonds is 6. The Balaban J connectivity index is 1.88. The molecule has 0 unspecified atom stereocenters. The molecule has 156 valence electrons. The molecule has 2 aromatic carbocycles. The van der Waals surface area contributed by atoms with E-state index in [4.69, 9.17) is 4.74 Å². The van der Waals surface area contributed by atoms with Crippen molar-refractivity contribution in [2.75, 3.05) is 5.32 Å². The molecule has 7 nitrogen and oxygen atoms in total. The van der Waals surface area contributed by atoms with Crippen LogP contribution in [0.25, 0.3) is 0 Å². The van der Waals surface area contributed by atoms with Crippen molar-refractivity contribution >= 4 is 17.2 Å². The Morgan fingerprint density at radius 3 is 2.20 bits per heavy atom. The van der Waals surface area contributed by atoms with E-state index in [1.54, 1.807) is 12.1 Å². The number of nitro groups is 1. The Labute approximate surface area is 169 Å². The number of benzene rings is 2. The van der Waals surface area contributed by atoms with Crippen LogP contribution in [0.3, 0.4) is 0 Å². The molecular weight excluding hydrogens is 401 g/mol. The van der Waals surface area contributed by atoms with Gasteiger partial charge in [-0.05, 0) is 47.9 Å². The average molecular weight is 418 g/mol. The molecule has 0 fully saturated rings. The molecule has 0 aliphatic rings. The summed E-state index contributed by atoms with van der Waals surface area (Å²) < 4.78 is 43.7. The molecule has 1 aromatic heterocycles. The summed E-state index contributed by atoms with van der Waals surface area (Å²) in [6, 6.07) is 11.1. The lowest BCUT2D eigenvalue weighted by Gasteiger charge is -2.11. The van der Waals surface area contributed by atoms with Crippen LogP contribution in [0.1, 0.15) is 30.9 Å². The molecule has 10 heteroatoms. The van der Waals surface area contributed by atoms with E-state index in [2.05, 4.69) is 15.3 Å². The summed E-state index contributed by atoms with van der Waals surface area (Å²) in [5.74, 6) is 0.166. The maximum Gasteiger partial charge on any atom is 0.416 e. The predicted molar refractivity (Wildman–Crippen MR) is 104 cm³/mol. The van der Waals surface area contributed by atoms with Crippen LogP contribution in [0.5, 0.6) is 11.6 Å². The highest BCUT2D eigenvalue weighted by Crippen LogP contribution is 2.36. The molecule has 1 N–H and O–H groups in total. The number of alkyl halides is 3. The van der Waals surface area contributed by atoms with Crippen LogP contribution in [0.15, 0.2) is 54.9 Å². The molecule has 1 heterocycles. The zero-order valence-corrected chi connectivity index (χ0v) is 16.0. The monoisotopic (exact) mass is 418 g/mol. The Morgan fingerprint density at radius 1 is 1.03 bits per heavy atom. The minimum absolute atomic E-state index is 0.192. The molecule has 30 heavy (non-hydrogen) atoms. The number of ether oxygens (including phenoxy) is 1. The number of nitrogens with one attached hydrogen (secondary N) is 1. The number of hydrogen-bond donors (Lipinski definition) is 1. The fourth-order valence-electron chi connectivity index (χ4n) is 2.61. The van der Waals surface area contributed by atoms with E-state index in [9.17, 15) is 23.3 Å². The predicted octanol–water partition coefficient (Wildman–Crippen LogP) is 6.06. The van der Waals surface area contributed by atoms with Gasteiger partial charge in [0.1, 0.15) is 12.1 Å². The lowest BCUT2D eigenvalue weighted by molar-refractivity contribution is -0.385. The summed E-state index contributed by atoms with van der Waals surface area (Å²) in [7, 11) is 0. The topological polar surface area (TPSA) is 90.2 Å². The number of halogens is 3. The third kappa shape index (κ3) is 4.83. The smallest absolute Gasteiger partial charge is 0.416 e. The fraction of sp³-hybridized carbons (Fsp3) is 0.200. The molecule has 0 aliphatic heterocycles. The van der Waals surface area contributed by atoms with Gasteiger partial charge in [-0.25, -0.2) is 4.98 Å². The van der Waals surface area contributed by atoms with Gasteiger partial charge >= 0.3 is 17.7 Å². The van der Waals surface area contributed by atoms with Crippen LogP contribution < -0.4 is 10.1 Å². The lowest BCUT2D eigenvalue weighted by Crippen LogP contribution is -2.06. The van der Waals surface area contributed by atoms with Crippen molar-refractivity contribution in [3.63, 3.8) is 0 Å². The Hall–Kier alpha value is -3.69. The first-order valence-electron chi connectivity index (χ1n) is 8.86. The van der Waals surface area contributed by atoms with Crippen molar-refractivity contribution in [1.29, 1.82) is 0 Å². The summed E-state index contributed by atoms with van der Waals surface area (Å²) >= 11 is 0. The second kappa shape index (κ2) is 8.36. The van der Waals surface area contributed by atoms with Gasteiger partial charge in [0.15, 0.2) is 0 Å². The zero-order valence-electron chi connectivity index (χ0n) is 16.0. The Kier molecular flexibility index (Phi) is 5.86. The maximum atomic E-state index is 12.7. The van der Waals surface area contributed by atoms with Crippen LogP contribution in [-0.2, 0) is 6.18 Å². The van der Waals surface area contributed by atoms with Gasteiger partial charge in [0, 0.05) is 5.69 Å². The highest BCUT2D eigenvalue weighted by Gasteiger charge is 2.30. The van der Waals surface area contributed by atoms with E-state index in [0.717, 1.165) is 36.2 Å². The van der Waals surface area contributed by atoms with Gasteiger partial charge in [-0.1, -0.05) is 26.0 Å². The quantitative estimate of drug-likeness (QED) is 0.386. The molecule has 3 aromatic rings. The van der Waals surface area contributed by atoms with Crippen LogP contribution in [0, 0.1) is 10.1 Å². The van der Waals surface area contributed by atoms with Crippen molar-refractivity contribution in [1.82, 2.24) is 9.97 Å². The van der Waals surface area contributed by atoms with Crippen molar-refractivity contribution in [3.8, 4) is 11.6 Å². The summed E-state index contributed by atoms with van der Waals surface area (Å²) in [5, 5.41) is 14.3.